The highest BCUT2D eigenvalue weighted by molar-refractivity contribution is 5.31. The number of halogens is 1. The van der Waals surface area contributed by atoms with Gasteiger partial charge < -0.3 is 9.84 Å². The Morgan fingerprint density at radius 3 is 2.86 bits per heavy atom. The fourth-order valence-corrected chi connectivity index (χ4v) is 1.10. The van der Waals surface area contributed by atoms with E-state index in [4.69, 9.17) is 10.00 Å². The number of rotatable bonds is 3. The summed E-state index contributed by atoms with van der Waals surface area (Å²) in [6.45, 7) is 0. The summed E-state index contributed by atoms with van der Waals surface area (Å²) in [4.78, 5) is 0. The molecule has 0 radical (unpaired) electrons. The van der Waals surface area contributed by atoms with Crippen LogP contribution in [0.25, 0.3) is 0 Å². The Morgan fingerprint density at radius 1 is 1.57 bits per heavy atom. The van der Waals surface area contributed by atoms with Gasteiger partial charge in [0.2, 0.25) is 0 Å². The van der Waals surface area contributed by atoms with E-state index in [2.05, 4.69) is 0 Å². The third-order valence-electron chi connectivity index (χ3n) is 1.80. The average molecular weight is 195 g/mol. The number of hydrogen-bond acceptors (Lipinski definition) is 3. The summed E-state index contributed by atoms with van der Waals surface area (Å²) >= 11 is 0. The molecule has 1 aromatic carbocycles. The van der Waals surface area contributed by atoms with Crippen LogP contribution in [0.1, 0.15) is 18.1 Å². The molecule has 1 aromatic rings. The summed E-state index contributed by atoms with van der Waals surface area (Å²) < 4.78 is 17.8. The molecule has 1 N–H and O–H groups in total. The van der Waals surface area contributed by atoms with Gasteiger partial charge in [-0.2, -0.15) is 5.26 Å². The van der Waals surface area contributed by atoms with Crippen LogP contribution in [0.3, 0.4) is 0 Å². The van der Waals surface area contributed by atoms with E-state index in [1.54, 1.807) is 0 Å². The Bertz CT molecular complexity index is 360. The lowest BCUT2D eigenvalue weighted by molar-refractivity contribution is 0.182. The Hall–Kier alpha value is -1.60. The van der Waals surface area contributed by atoms with Gasteiger partial charge in [0, 0.05) is 6.07 Å². The number of ether oxygens (including phenoxy) is 1. The second-order valence-corrected chi connectivity index (χ2v) is 2.80. The Labute approximate surface area is 81.4 Å². The zero-order chi connectivity index (χ0) is 10.6. The van der Waals surface area contributed by atoms with E-state index < -0.39 is 11.9 Å². The third-order valence-corrected chi connectivity index (χ3v) is 1.80. The van der Waals surface area contributed by atoms with Crippen LogP contribution in [0.2, 0.25) is 0 Å². The van der Waals surface area contributed by atoms with Gasteiger partial charge in [-0.3, -0.25) is 0 Å². The van der Waals surface area contributed by atoms with Crippen LogP contribution in [-0.2, 0) is 0 Å². The molecule has 1 unspecified atom stereocenters. The lowest BCUT2D eigenvalue weighted by Gasteiger charge is -2.08. The van der Waals surface area contributed by atoms with Crippen molar-refractivity contribution in [1.29, 1.82) is 5.26 Å². The second kappa shape index (κ2) is 4.58. The first kappa shape index (κ1) is 10.5. The first-order chi connectivity index (χ1) is 6.67. The molecular weight excluding hydrogens is 185 g/mol. The van der Waals surface area contributed by atoms with E-state index in [-0.39, 0.29) is 6.42 Å². The number of hydrogen-bond donors (Lipinski definition) is 1. The predicted octanol–water partition coefficient (Wildman–Crippen LogP) is 1.78. The minimum atomic E-state index is -0.968. The van der Waals surface area contributed by atoms with Crippen molar-refractivity contribution >= 4 is 0 Å². The molecule has 0 saturated heterocycles. The maximum absolute atomic E-state index is 12.9. The van der Waals surface area contributed by atoms with Gasteiger partial charge in [0.05, 0.1) is 25.7 Å². The molecule has 3 nitrogen and oxygen atoms in total. The van der Waals surface area contributed by atoms with Crippen LogP contribution in [0.5, 0.6) is 5.75 Å². The van der Waals surface area contributed by atoms with E-state index >= 15 is 0 Å². The summed E-state index contributed by atoms with van der Waals surface area (Å²) in [7, 11) is 1.41. The van der Waals surface area contributed by atoms with Crippen LogP contribution in [0.4, 0.5) is 4.39 Å². The van der Waals surface area contributed by atoms with E-state index in [1.807, 2.05) is 6.07 Å². The van der Waals surface area contributed by atoms with Crippen molar-refractivity contribution in [2.75, 3.05) is 7.11 Å². The lowest BCUT2D eigenvalue weighted by Crippen LogP contribution is -1.97. The number of methoxy groups -OCH3 is 1. The zero-order valence-corrected chi connectivity index (χ0v) is 7.70. The number of aliphatic hydroxyl groups excluding tert-OH is 1. The van der Waals surface area contributed by atoms with Crippen molar-refractivity contribution < 1.29 is 14.2 Å². The molecular formula is C10H10FNO2. The number of nitrogens with zero attached hydrogens (tertiary/aromatic N) is 1. The minimum absolute atomic E-state index is 0.0629. The SMILES string of the molecule is COc1cc(F)cc(C(O)CC#N)c1. The Balaban J connectivity index is 2.97. The number of aliphatic hydroxyl groups is 1. The highest BCUT2D eigenvalue weighted by Gasteiger charge is 2.09. The van der Waals surface area contributed by atoms with Crippen molar-refractivity contribution in [2.45, 2.75) is 12.5 Å². The van der Waals surface area contributed by atoms with Crippen LogP contribution in [0, 0.1) is 17.1 Å². The molecule has 0 aromatic heterocycles. The third kappa shape index (κ3) is 2.44. The summed E-state index contributed by atoms with van der Waals surface area (Å²) in [6, 6.07) is 5.71. The normalized spacial score (nSPS) is 11.9. The van der Waals surface area contributed by atoms with Gasteiger partial charge in [0.25, 0.3) is 0 Å². The molecule has 0 fully saturated rings. The molecule has 0 aliphatic carbocycles. The Kier molecular flexibility index (Phi) is 3.43. The minimum Gasteiger partial charge on any atom is -0.497 e. The van der Waals surface area contributed by atoms with E-state index in [1.165, 1.54) is 25.3 Å². The van der Waals surface area contributed by atoms with Gasteiger partial charge in [-0.25, -0.2) is 4.39 Å². The van der Waals surface area contributed by atoms with Crippen molar-refractivity contribution in [3.8, 4) is 11.8 Å². The molecule has 0 aliphatic rings. The molecule has 0 amide bonds. The van der Waals surface area contributed by atoms with E-state index in [9.17, 15) is 9.50 Å². The van der Waals surface area contributed by atoms with Gasteiger partial charge in [0.15, 0.2) is 0 Å². The summed E-state index contributed by atoms with van der Waals surface area (Å²) in [6.07, 6.45) is -1.03. The fraction of sp³-hybridized carbons (Fsp3) is 0.300. The molecule has 0 heterocycles. The first-order valence-electron chi connectivity index (χ1n) is 4.07. The number of benzene rings is 1. The molecule has 1 atom stereocenters. The van der Waals surface area contributed by atoms with Crippen molar-refractivity contribution in [1.82, 2.24) is 0 Å². The summed E-state index contributed by atoms with van der Waals surface area (Å²) in [5.41, 5.74) is 0.350. The van der Waals surface area contributed by atoms with Crippen LogP contribution in [0.15, 0.2) is 18.2 Å². The largest absolute Gasteiger partial charge is 0.497 e. The van der Waals surface area contributed by atoms with Crippen molar-refractivity contribution in [2.24, 2.45) is 0 Å². The maximum Gasteiger partial charge on any atom is 0.127 e. The van der Waals surface area contributed by atoms with Gasteiger partial charge in [0.1, 0.15) is 11.6 Å². The molecule has 74 valence electrons. The van der Waals surface area contributed by atoms with Gasteiger partial charge in [-0.1, -0.05) is 0 Å². The lowest BCUT2D eigenvalue weighted by atomic mass is 10.1. The fourth-order valence-electron chi connectivity index (χ4n) is 1.10. The quantitative estimate of drug-likeness (QED) is 0.799. The summed E-state index contributed by atoms with van der Waals surface area (Å²) in [5, 5.41) is 17.8. The molecule has 0 aliphatic heterocycles. The average Bonchev–Trinajstić information content (AvgIpc) is 2.17. The summed E-state index contributed by atoms with van der Waals surface area (Å²) in [5.74, 6) is -0.159. The van der Waals surface area contributed by atoms with E-state index in [0.717, 1.165) is 0 Å². The van der Waals surface area contributed by atoms with E-state index in [0.29, 0.717) is 11.3 Å². The van der Waals surface area contributed by atoms with Crippen molar-refractivity contribution in [3.05, 3.63) is 29.6 Å². The molecule has 0 saturated carbocycles. The van der Waals surface area contributed by atoms with Crippen molar-refractivity contribution in [3.63, 3.8) is 0 Å². The monoisotopic (exact) mass is 195 g/mol. The van der Waals surface area contributed by atoms with Crippen LogP contribution < -0.4 is 4.74 Å². The Morgan fingerprint density at radius 2 is 2.29 bits per heavy atom. The molecule has 4 heteroatoms. The zero-order valence-electron chi connectivity index (χ0n) is 7.70. The van der Waals surface area contributed by atoms with Gasteiger partial charge in [-0.05, 0) is 17.7 Å². The molecule has 0 bridgehead atoms. The molecule has 1 rings (SSSR count). The smallest absolute Gasteiger partial charge is 0.127 e. The highest BCUT2D eigenvalue weighted by atomic mass is 19.1. The maximum atomic E-state index is 12.9. The van der Waals surface area contributed by atoms with Crippen LogP contribution in [-0.4, -0.2) is 12.2 Å². The molecule has 0 spiro atoms. The highest BCUT2D eigenvalue weighted by Crippen LogP contribution is 2.22. The topological polar surface area (TPSA) is 53.2 Å². The van der Waals surface area contributed by atoms with Gasteiger partial charge >= 0.3 is 0 Å². The predicted molar refractivity (Wildman–Crippen MR) is 48.1 cm³/mol. The second-order valence-electron chi connectivity index (χ2n) is 2.80. The van der Waals surface area contributed by atoms with Crippen LogP contribution >= 0.6 is 0 Å². The first-order valence-corrected chi connectivity index (χ1v) is 4.07. The number of nitriles is 1. The molecule has 14 heavy (non-hydrogen) atoms. The standard InChI is InChI=1S/C10H10FNO2/c1-14-9-5-7(4-8(11)6-9)10(13)2-3-12/h4-6,10,13H,2H2,1H3. The van der Waals surface area contributed by atoms with Gasteiger partial charge in [-0.15, -0.1) is 0 Å².